The Morgan fingerprint density at radius 1 is 1.14 bits per heavy atom. The molecule has 6 heteroatoms. The maximum atomic E-state index is 12.2. The van der Waals surface area contributed by atoms with E-state index in [-0.39, 0.29) is 41.6 Å². The van der Waals surface area contributed by atoms with Crippen molar-refractivity contribution in [3.63, 3.8) is 0 Å². The van der Waals surface area contributed by atoms with E-state index in [2.05, 4.69) is 0 Å². The van der Waals surface area contributed by atoms with Gasteiger partial charge in [-0.15, -0.1) is 0 Å². The maximum Gasteiger partial charge on any atom is 0.182 e. The first-order valence-corrected chi connectivity index (χ1v) is 6.47. The molecule has 0 saturated heterocycles. The van der Waals surface area contributed by atoms with Crippen molar-refractivity contribution in [2.75, 3.05) is 0 Å². The van der Waals surface area contributed by atoms with Crippen LogP contribution < -0.4 is 0 Å². The Morgan fingerprint density at radius 3 is 2.62 bits per heavy atom. The van der Waals surface area contributed by atoms with Gasteiger partial charge in [-0.2, -0.15) is 0 Å². The fraction of sp³-hybridized carbons (Fsp3) is 0.267. The summed E-state index contributed by atoms with van der Waals surface area (Å²) in [6, 6.07) is 4.01. The van der Waals surface area contributed by atoms with Crippen molar-refractivity contribution < 1.29 is 30.0 Å². The first kappa shape index (κ1) is 13.5. The summed E-state index contributed by atoms with van der Waals surface area (Å²) in [5.41, 5.74) is 0.854. The van der Waals surface area contributed by atoms with Crippen molar-refractivity contribution in [2.45, 2.75) is 25.0 Å². The van der Waals surface area contributed by atoms with Gasteiger partial charge >= 0.3 is 0 Å². The van der Waals surface area contributed by atoms with Crippen molar-refractivity contribution in [1.82, 2.24) is 0 Å². The third-order valence-electron chi connectivity index (χ3n) is 3.62. The van der Waals surface area contributed by atoms with Gasteiger partial charge in [0.05, 0.1) is 11.9 Å². The average molecular weight is 290 g/mol. The van der Waals surface area contributed by atoms with Crippen molar-refractivity contribution in [1.29, 1.82) is 0 Å². The molecule has 1 aliphatic heterocycles. The number of ketones is 1. The number of phenolic OH excluding ortho intramolecular Hbond substituents is 2. The van der Waals surface area contributed by atoms with E-state index < -0.39 is 12.2 Å². The largest absolute Gasteiger partial charge is 0.512 e. The Labute approximate surface area is 120 Å². The molecular weight excluding hydrogens is 276 g/mol. The number of rotatable bonds is 1. The number of phenols is 2. The molecule has 1 aromatic carbocycles. The summed E-state index contributed by atoms with van der Waals surface area (Å²) in [6.07, 6.45) is -0.387. The van der Waals surface area contributed by atoms with Gasteiger partial charge in [0.1, 0.15) is 5.76 Å². The number of aliphatic hydroxyl groups excluding tert-OH is 2. The third kappa shape index (κ3) is 2.34. The molecule has 0 saturated carbocycles. The van der Waals surface area contributed by atoms with E-state index in [4.69, 9.17) is 4.74 Å². The lowest BCUT2D eigenvalue weighted by molar-refractivity contribution is -0.130. The molecule has 21 heavy (non-hydrogen) atoms. The van der Waals surface area contributed by atoms with Gasteiger partial charge in [0.2, 0.25) is 0 Å². The fourth-order valence-electron chi connectivity index (χ4n) is 2.53. The summed E-state index contributed by atoms with van der Waals surface area (Å²) in [6.45, 7) is 0. The minimum absolute atomic E-state index is 0.0112. The maximum absolute atomic E-state index is 12.2. The summed E-state index contributed by atoms with van der Waals surface area (Å²) in [7, 11) is 0. The van der Waals surface area contributed by atoms with Crippen LogP contribution >= 0.6 is 0 Å². The standard InChI is InChI=1S/C15H14O6/c16-8-4-11(18)9-6-13(20)15(21-14(9)5-8)7-1-2-10(17)12(19)3-7/h1-3,5,11,15-19H,4,6H2/t11?,15-/m0/s1. The highest BCUT2D eigenvalue weighted by molar-refractivity contribution is 5.88. The number of carbonyl (C=O) groups excluding carboxylic acids is 1. The minimum atomic E-state index is -0.940. The number of aromatic hydroxyl groups is 2. The summed E-state index contributed by atoms with van der Waals surface area (Å²) in [5.74, 6) is -0.614. The number of allylic oxidation sites excluding steroid dienone is 1. The molecule has 1 unspecified atom stereocenters. The lowest BCUT2D eigenvalue weighted by atomic mass is 9.89. The molecule has 4 N–H and O–H groups in total. The van der Waals surface area contributed by atoms with Gasteiger partial charge in [-0.05, 0) is 12.1 Å². The second-order valence-corrected chi connectivity index (χ2v) is 5.13. The van der Waals surface area contributed by atoms with E-state index in [0.717, 1.165) is 0 Å². The molecule has 2 atom stereocenters. The lowest BCUT2D eigenvalue weighted by Gasteiger charge is -2.31. The molecule has 0 amide bonds. The van der Waals surface area contributed by atoms with Crippen molar-refractivity contribution in [2.24, 2.45) is 0 Å². The van der Waals surface area contributed by atoms with Crippen LogP contribution in [-0.4, -0.2) is 32.3 Å². The Kier molecular flexibility index (Phi) is 3.10. The van der Waals surface area contributed by atoms with Crippen molar-refractivity contribution in [3.05, 3.63) is 46.9 Å². The molecule has 6 nitrogen and oxygen atoms in total. The smallest absolute Gasteiger partial charge is 0.182 e. The van der Waals surface area contributed by atoms with Gasteiger partial charge in [-0.3, -0.25) is 4.79 Å². The van der Waals surface area contributed by atoms with Crippen LogP contribution in [0.2, 0.25) is 0 Å². The SMILES string of the molecule is O=C1CC2=C(C=C(O)CC2O)O[C@H]1c1ccc(O)c(O)c1. The number of Topliss-reactive ketones (excluding diaryl/α,β-unsaturated/α-hetero) is 1. The Bertz CT molecular complexity index is 673. The van der Waals surface area contributed by atoms with E-state index in [1.807, 2.05) is 0 Å². The van der Waals surface area contributed by atoms with Crippen molar-refractivity contribution in [3.8, 4) is 11.5 Å². The molecule has 1 aliphatic carbocycles. The first-order chi connectivity index (χ1) is 9.95. The van der Waals surface area contributed by atoms with Gasteiger partial charge in [-0.25, -0.2) is 0 Å². The summed E-state index contributed by atoms with van der Waals surface area (Å²) in [4.78, 5) is 12.2. The van der Waals surface area contributed by atoms with Gasteiger partial charge in [0.25, 0.3) is 0 Å². The topological polar surface area (TPSA) is 107 Å². The van der Waals surface area contributed by atoms with Crippen LogP contribution in [0.4, 0.5) is 0 Å². The van der Waals surface area contributed by atoms with E-state index in [1.165, 1.54) is 24.3 Å². The zero-order chi connectivity index (χ0) is 15.1. The molecule has 0 bridgehead atoms. The molecule has 0 radical (unpaired) electrons. The number of benzene rings is 1. The van der Waals surface area contributed by atoms with Crippen LogP contribution in [0, 0.1) is 0 Å². The molecular formula is C15H14O6. The van der Waals surface area contributed by atoms with Crippen LogP contribution in [0.25, 0.3) is 0 Å². The van der Waals surface area contributed by atoms with Crippen LogP contribution in [-0.2, 0) is 9.53 Å². The molecule has 1 aromatic rings. The van der Waals surface area contributed by atoms with Crippen LogP contribution in [0.5, 0.6) is 11.5 Å². The van der Waals surface area contributed by atoms with Crippen LogP contribution in [0.1, 0.15) is 24.5 Å². The van der Waals surface area contributed by atoms with Gasteiger partial charge in [0, 0.05) is 30.1 Å². The number of ether oxygens (including phenoxy) is 1. The molecule has 1 heterocycles. The average Bonchev–Trinajstić information content (AvgIpc) is 2.42. The number of carbonyl (C=O) groups is 1. The van der Waals surface area contributed by atoms with Gasteiger partial charge < -0.3 is 25.2 Å². The molecule has 0 aromatic heterocycles. The van der Waals surface area contributed by atoms with Crippen molar-refractivity contribution >= 4 is 5.78 Å². The Balaban J connectivity index is 1.96. The Morgan fingerprint density at radius 2 is 1.90 bits per heavy atom. The normalized spacial score (nSPS) is 25.2. The van der Waals surface area contributed by atoms with E-state index in [9.17, 15) is 25.2 Å². The second-order valence-electron chi connectivity index (χ2n) is 5.13. The predicted octanol–water partition coefficient (Wildman–Crippen LogP) is 1.59. The minimum Gasteiger partial charge on any atom is -0.512 e. The molecule has 0 spiro atoms. The number of hydrogen-bond acceptors (Lipinski definition) is 6. The predicted molar refractivity (Wildman–Crippen MR) is 71.6 cm³/mol. The summed E-state index contributed by atoms with van der Waals surface area (Å²) >= 11 is 0. The number of aliphatic hydroxyl groups is 2. The highest BCUT2D eigenvalue weighted by Gasteiger charge is 2.35. The third-order valence-corrected chi connectivity index (χ3v) is 3.62. The summed E-state index contributed by atoms with van der Waals surface area (Å²) in [5, 5.41) is 38.2. The van der Waals surface area contributed by atoms with Crippen LogP contribution in [0.3, 0.4) is 0 Å². The second kappa shape index (κ2) is 4.82. The highest BCUT2D eigenvalue weighted by Crippen LogP contribution is 2.38. The zero-order valence-electron chi connectivity index (χ0n) is 11.0. The lowest BCUT2D eigenvalue weighted by Crippen LogP contribution is -2.29. The van der Waals surface area contributed by atoms with Gasteiger partial charge in [0.15, 0.2) is 23.4 Å². The van der Waals surface area contributed by atoms with Gasteiger partial charge in [-0.1, -0.05) is 6.07 Å². The van der Waals surface area contributed by atoms with E-state index >= 15 is 0 Å². The zero-order valence-corrected chi connectivity index (χ0v) is 11.0. The Hall–Kier alpha value is -2.47. The highest BCUT2D eigenvalue weighted by atomic mass is 16.5. The fourth-order valence-corrected chi connectivity index (χ4v) is 2.53. The van der Waals surface area contributed by atoms with Crippen LogP contribution in [0.15, 0.2) is 41.4 Å². The number of hydrogen-bond donors (Lipinski definition) is 4. The monoisotopic (exact) mass is 290 g/mol. The molecule has 2 aliphatic rings. The van der Waals surface area contributed by atoms with E-state index in [1.54, 1.807) is 0 Å². The quantitative estimate of drug-likeness (QED) is 0.585. The molecule has 110 valence electrons. The van der Waals surface area contributed by atoms with E-state index in [0.29, 0.717) is 11.1 Å². The molecule has 0 fully saturated rings. The molecule has 3 rings (SSSR count). The summed E-state index contributed by atoms with van der Waals surface area (Å²) < 4.78 is 5.57. The first-order valence-electron chi connectivity index (χ1n) is 6.47.